The number of amides is 3. The summed E-state index contributed by atoms with van der Waals surface area (Å²) in [5.74, 6) is -0.247. The van der Waals surface area contributed by atoms with Crippen LogP contribution in [0.4, 0.5) is 4.79 Å². The second-order valence-corrected chi connectivity index (χ2v) is 6.50. The zero-order chi connectivity index (χ0) is 16.4. The maximum atomic E-state index is 12.3. The van der Waals surface area contributed by atoms with Gasteiger partial charge in [0.1, 0.15) is 0 Å². The second kappa shape index (κ2) is 6.37. The highest BCUT2D eigenvalue weighted by Gasteiger charge is 2.31. The highest BCUT2D eigenvalue weighted by atomic mass is 32.2. The van der Waals surface area contributed by atoms with Gasteiger partial charge in [-0.05, 0) is 36.4 Å². The third-order valence-electron chi connectivity index (χ3n) is 3.47. The molecule has 2 heterocycles. The van der Waals surface area contributed by atoms with Gasteiger partial charge >= 0.3 is 6.03 Å². The van der Waals surface area contributed by atoms with Gasteiger partial charge in [-0.2, -0.15) is 4.68 Å². The second-order valence-electron chi connectivity index (χ2n) is 5.19. The molecule has 23 heavy (non-hydrogen) atoms. The number of aromatic nitrogens is 4. The van der Waals surface area contributed by atoms with Gasteiger partial charge in [-0.3, -0.25) is 9.69 Å². The number of imide groups is 1. The molecular formula is C14H16N6O2S. The number of hydrogen-bond acceptors (Lipinski definition) is 6. The third kappa shape index (κ3) is 3.19. The van der Waals surface area contributed by atoms with E-state index in [9.17, 15) is 9.59 Å². The Hall–Kier alpha value is -2.42. The van der Waals surface area contributed by atoms with Crippen LogP contribution in [0.2, 0.25) is 0 Å². The monoisotopic (exact) mass is 332 g/mol. The minimum absolute atomic E-state index is 0.247. The standard InChI is InChI=1S/C14H16N6O2S/c1-9-3-5-11(6-4-9)20-14(16-17-18-20)23-10(2)12(21)19-8-7-15-13(19)22/h3-6,10H,7-8H2,1-2H3,(H,15,22)/t10-/m1/s1. The van der Waals surface area contributed by atoms with Gasteiger partial charge in [0, 0.05) is 13.1 Å². The van der Waals surface area contributed by atoms with Crippen LogP contribution in [-0.2, 0) is 4.79 Å². The van der Waals surface area contributed by atoms with E-state index >= 15 is 0 Å². The van der Waals surface area contributed by atoms with E-state index < -0.39 is 5.25 Å². The lowest BCUT2D eigenvalue weighted by molar-refractivity contribution is -0.126. The molecule has 1 atom stereocenters. The zero-order valence-corrected chi connectivity index (χ0v) is 13.6. The maximum Gasteiger partial charge on any atom is 0.324 e. The van der Waals surface area contributed by atoms with Gasteiger partial charge in [0.15, 0.2) is 0 Å². The van der Waals surface area contributed by atoms with Gasteiger partial charge in [0.2, 0.25) is 11.1 Å². The number of carbonyl (C=O) groups excluding carboxylic acids is 2. The quantitative estimate of drug-likeness (QED) is 0.840. The van der Waals surface area contributed by atoms with Crippen molar-refractivity contribution < 1.29 is 9.59 Å². The lowest BCUT2D eigenvalue weighted by atomic mass is 10.2. The smallest absolute Gasteiger partial charge is 0.324 e. The predicted molar refractivity (Wildman–Crippen MR) is 84.3 cm³/mol. The molecule has 0 unspecified atom stereocenters. The van der Waals surface area contributed by atoms with E-state index in [-0.39, 0.29) is 11.9 Å². The molecule has 0 bridgehead atoms. The first kappa shape index (κ1) is 15.5. The van der Waals surface area contributed by atoms with Crippen LogP contribution in [0.5, 0.6) is 0 Å². The highest BCUT2D eigenvalue weighted by molar-refractivity contribution is 8.00. The van der Waals surface area contributed by atoms with Gasteiger partial charge in [-0.25, -0.2) is 4.79 Å². The van der Waals surface area contributed by atoms with Gasteiger partial charge in [-0.15, -0.1) is 5.10 Å². The fourth-order valence-electron chi connectivity index (χ4n) is 2.21. The molecule has 0 radical (unpaired) electrons. The summed E-state index contributed by atoms with van der Waals surface area (Å²) in [4.78, 5) is 25.1. The Labute approximate surface area is 137 Å². The number of thioether (sulfide) groups is 1. The first-order chi connectivity index (χ1) is 11.1. The van der Waals surface area contributed by atoms with E-state index in [1.54, 1.807) is 11.6 Å². The van der Waals surface area contributed by atoms with Crippen LogP contribution >= 0.6 is 11.8 Å². The molecule has 3 rings (SSSR count). The fourth-order valence-corrected chi connectivity index (χ4v) is 3.08. The van der Waals surface area contributed by atoms with Crippen LogP contribution in [0, 0.1) is 6.92 Å². The molecule has 0 saturated carbocycles. The van der Waals surface area contributed by atoms with Crippen molar-refractivity contribution >= 4 is 23.7 Å². The van der Waals surface area contributed by atoms with Crippen LogP contribution in [0.1, 0.15) is 12.5 Å². The largest absolute Gasteiger partial charge is 0.336 e. The highest BCUT2D eigenvalue weighted by Crippen LogP contribution is 2.24. The summed E-state index contributed by atoms with van der Waals surface area (Å²) in [6, 6.07) is 7.41. The summed E-state index contributed by atoms with van der Waals surface area (Å²) < 4.78 is 1.58. The molecule has 2 aromatic rings. The van der Waals surface area contributed by atoms with Crippen molar-refractivity contribution in [1.82, 2.24) is 30.4 Å². The summed E-state index contributed by atoms with van der Waals surface area (Å²) in [6.07, 6.45) is 0. The average Bonchev–Trinajstić information content (AvgIpc) is 3.16. The number of hydrogen-bond donors (Lipinski definition) is 1. The third-order valence-corrected chi connectivity index (χ3v) is 4.49. The molecule has 9 heteroatoms. The molecule has 1 fully saturated rings. The molecule has 1 aromatic carbocycles. The van der Waals surface area contributed by atoms with Crippen molar-refractivity contribution in [1.29, 1.82) is 0 Å². The van der Waals surface area contributed by atoms with Gasteiger partial charge in [-0.1, -0.05) is 29.5 Å². The lowest BCUT2D eigenvalue weighted by Crippen LogP contribution is -2.39. The molecule has 1 aromatic heterocycles. The molecule has 120 valence electrons. The predicted octanol–water partition coefficient (Wildman–Crippen LogP) is 1.00. The van der Waals surface area contributed by atoms with Crippen molar-refractivity contribution in [2.75, 3.05) is 13.1 Å². The van der Waals surface area contributed by atoms with Gasteiger partial charge < -0.3 is 5.32 Å². The van der Waals surface area contributed by atoms with Crippen LogP contribution < -0.4 is 5.32 Å². The first-order valence-corrected chi connectivity index (χ1v) is 8.05. The summed E-state index contributed by atoms with van der Waals surface area (Å²) in [5.41, 5.74) is 1.96. The average molecular weight is 332 g/mol. The first-order valence-electron chi connectivity index (χ1n) is 7.17. The Bertz CT molecular complexity index is 729. The van der Waals surface area contributed by atoms with Crippen molar-refractivity contribution in [3.8, 4) is 5.69 Å². The zero-order valence-electron chi connectivity index (χ0n) is 12.8. The molecular weight excluding hydrogens is 316 g/mol. The van der Waals surface area contributed by atoms with E-state index in [2.05, 4.69) is 20.8 Å². The summed E-state index contributed by atoms with van der Waals surface area (Å²) >= 11 is 1.23. The van der Waals surface area contributed by atoms with Crippen LogP contribution in [0.3, 0.4) is 0 Å². The van der Waals surface area contributed by atoms with E-state index in [0.717, 1.165) is 11.3 Å². The molecule has 0 spiro atoms. The van der Waals surface area contributed by atoms with E-state index in [1.165, 1.54) is 16.7 Å². The number of carbonyl (C=O) groups is 2. The number of urea groups is 1. The summed E-state index contributed by atoms with van der Waals surface area (Å²) in [7, 11) is 0. The summed E-state index contributed by atoms with van der Waals surface area (Å²) in [5, 5.41) is 14.3. The fraction of sp³-hybridized carbons (Fsp3) is 0.357. The van der Waals surface area contributed by atoms with E-state index in [0.29, 0.717) is 18.2 Å². The molecule has 1 aliphatic heterocycles. The molecule has 1 N–H and O–H groups in total. The Balaban J connectivity index is 1.76. The number of rotatable bonds is 4. The van der Waals surface area contributed by atoms with Crippen molar-refractivity contribution in [3.63, 3.8) is 0 Å². The lowest BCUT2D eigenvalue weighted by Gasteiger charge is -2.16. The Morgan fingerprint density at radius 3 is 2.74 bits per heavy atom. The molecule has 3 amide bonds. The van der Waals surface area contributed by atoms with Crippen molar-refractivity contribution in [3.05, 3.63) is 29.8 Å². The van der Waals surface area contributed by atoms with E-state index in [1.807, 2.05) is 31.2 Å². The van der Waals surface area contributed by atoms with Crippen molar-refractivity contribution in [2.45, 2.75) is 24.3 Å². The van der Waals surface area contributed by atoms with Crippen LogP contribution in [0.25, 0.3) is 5.69 Å². The summed E-state index contributed by atoms with van der Waals surface area (Å²) in [6.45, 7) is 4.63. The van der Waals surface area contributed by atoms with E-state index in [4.69, 9.17) is 0 Å². The van der Waals surface area contributed by atoms with Gasteiger partial charge in [0.25, 0.3) is 0 Å². The normalized spacial score (nSPS) is 15.6. The van der Waals surface area contributed by atoms with Crippen LogP contribution in [-0.4, -0.2) is 55.4 Å². The number of nitrogens with one attached hydrogen (secondary N) is 1. The number of aryl methyl sites for hydroxylation is 1. The Kier molecular flexibility index (Phi) is 4.28. The van der Waals surface area contributed by atoms with Crippen molar-refractivity contribution in [2.24, 2.45) is 0 Å². The van der Waals surface area contributed by atoms with Crippen LogP contribution in [0.15, 0.2) is 29.4 Å². The molecule has 1 saturated heterocycles. The van der Waals surface area contributed by atoms with Gasteiger partial charge in [0.05, 0.1) is 10.9 Å². The Morgan fingerprint density at radius 1 is 1.35 bits per heavy atom. The topological polar surface area (TPSA) is 93.0 Å². The minimum atomic E-state index is -0.464. The SMILES string of the molecule is Cc1ccc(-n2nnnc2S[C@H](C)C(=O)N2CCNC2=O)cc1. The Morgan fingerprint density at radius 2 is 2.09 bits per heavy atom. The number of benzene rings is 1. The minimum Gasteiger partial charge on any atom is -0.336 e. The molecule has 0 aliphatic carbocycles. The number of nitrogens with zero attached hydrogens (tertiary/aromatic N) is 5. The number of tetrazole rings is 1. The molecule has 1 aliphatic rings. The molecule has 8 nitrogen and oxygen atoms in total. The maximum absolute atomic E-state index is 12.3.